The van der Waals surface area contributed by atoms with E-state index in [0.717, 1.165) is 17.9 Å². The van der Waals surface area contributed by atoms with Crippen molar-refractivity contribution in [2.75, 3.05) is 0 Å². The van der Waals surface area contributed by atoms with Gasteiger partial charge in [-0.2, -0.15) is 0 Å². The molecule has 0 radical (unpaired) electrons. The SMILES string of the molecule is CCC(C)(C)C(=O)c1ccc(C2CCC2)cc1. The van der Waals surface area contributed by atoms with Gasteiger partial charge in [-0.15, -0.1) is 0 Å². The summed E-state index contributed by atoms with van der Waals surface area (Å²) in [4.78, 5) is 12.3. The Balaban J connectivity index is 2.14. The van der Waals surface area contributed by atoms with E-state index in [9.17, 15) is 4.79 Å². The Hall–Kier alpha value is -1.11. The second-order valence-corrected chi connectivity index (χ2v) is 5.82. The number of hydrogen-bond donors (Lipinski definition) is 0. The summed E-state index contributed by atoms with van der Waals surface area (Å²) in [5.41, 5.74) is 2.03. The number of rotatable bonds is 4. The van der Waals surface area contributed by atoms with Gasteiger partial charge in [0.05, 0.1) is 0 Å². The van der Waals surface area contributed by atoms with Gasteiger partial charge in [-0.1, -0.05) is 51.5 Å². The van der Waals surface area contributed by atoms with Crippen molar-refractivity contribution in [2.24, 2.45) is 5.41 Å². The van der Waals surface area contributed by atoms with E-state index in [4.69, 9.17) is 0 Å². The van der Waals surface area contributed by atoms with Crippen molar-refractivity contribution < 1.29 is 4.79 Å². The molecule has 0 atom stereocenters. The van der Waals surface area contributed by atoms with E-state index in [2.05, 4.69) is 19.1 Å². The number of benzene rings is 1. The molecule has 1 aromatic rings. The standard InChI is InChI=1S/C16H22O/c1-4-16(2,3)15(17)14-10-8-13(9-11-14)12-6-5-7-12/h8-12H,4-7H2,1-3H3. The van der Waals surface area contributed by atoms with Crippen LogP contribution in [0.1, 0.15) is 68.3 Å². The number of Topliss-reactive ketones (excluding diaryl/α,β-unsaturated/α-hetero) is 1. The first kappa shape index (κ1) is 12.3. The van der Waals surface area contributed by atoms with Crippen molar-refractivity contribution in [1.29, 1.82) is 0 Å². The first-order valence-electron chi connectivity index (χ1n) is 6.69. The topological polar surface area (TPSA) is 17.1 Å². The molecule has 0 saturated heterocycles. The summed E-state index contributed by atoms with van der Waals surface area (Å²) < 4.78 is 0. The molecule has 0 heterocycles. The molecule has 0 amide bonds. The molecule has 0 spiro atoms. The molecule has 0 aromatic heterocycles. The zero-order chi connectivity index (χ0) is 12.5. The van der Waals surface area contributed by atoms with Gasteiger partial charge >= 0.3 is 0 Å². The minimum atomic E-state index is -0.238. The van der Waals surface area contributed by atoms with Gasteiger partial charge in [-0.3, -0.25) is 4.79 Å². The highest BCUT2D eigenvalue weighted by Crippen LogP contribution is 2.36. The highest BCUT2D eigenvalue weighted by atomic mass is 16.1. The minimum absolute atomic E-state index is 0.238. The Bertz CT molecular complexity index is 396. The summed E-state index contributed by atoms with van der Waals surface area (Å²) in [5.74, 6) is 1.01. The second-order valence-electron chi connectivity index (χ2n) is 5.82. The van der Waals surface area contributed by atoms with Crippen molar-refractivity contribution in [2.45, 2.75) is 52.4 Å². The molecular weight excluding hydrogens is 208 g/mol. The van der Waals surface area contributed by atoms with E-state index in [-0.39, 0.29) is 11.2 Å². The third kappa shape index (κ3) is 2.43. The van der Waals surface area contributed by atoms with E-state index < -0.39 is 0 Å². The monoisotopic (exact) mass is 230 g/mol. The van der Waals surface area contributed by atoms with Crippen LogP contribution in [0.5, 0.6) is 0 Å². The van der Waals surface area contributed by atoms with Gasteiger partial charge in [0.2, 0.25) is 0 Å². The fourth-order valence-corrected chi connectivity index (χ4v) is 2.20. The maximum Gasteiger partial charge on any atom is 0.168 e. The minimum Gasteiger partial charge on any atom is -0.294 e. The van der Waals surface area contributed by atoms with Crippen LogP contribution in [0.3, 0.4) is 0 Å². The molecule has 1 nitrogen and oxygen atoms in total. The van der Waals surface area contributed by atoms with Crippen LogP contribution in [-0.2, 0) is 0 Å². The zero-order valence-electron chi connectivity index (χ0n) is 11.1. The molecule has 0 bridgehead atoms. The van der Waals surface area contributed by atoms with Crippen molar-refractivity contribution in [3.8, 4) is 0 Å². The molecule has 1 saturated carbocycles. The molecule has 1 aliphatic carbocycles. The maximum atomic E-state index is 12.3. The van der Waals surface area contributed by atoms with E-state index >= 15 is 0 Å². The van der Waals surface area contributed by atoms with Gasteiger partial charge in [-0.25, -0.2) is 0 Å². The average molecular weight is 230 g/mol. The lowest BCUT2D eigenvalue weighted by molar-refractivity contribution is 0.0833. The molecular formula is C16H22O. The van der Waals surface area contributed by atoms with Crippen molar-refractivity contribution in [1.82, 2.24) is 0 Å². The van der Waals surface area contributed by atoms with Gasteiger partial charge < -0.3 is 0 Å². The van der Waals surface area contributed by atoms with Crippen LogP contribution < -0.4 is 0 Å². The molecule has 92 valence electrons. The first-order chi connectivity index (χ1) is 8.04. The third-order valence-corrected chi connectivity index (χ3v) is 4.25. The number of ketones is 1. The molecule has 1 aromatic carbocycles. The smallest absolute Gasteiger partial charge is 0.168 e. The van der Waals surface area contributed by atoms with E-state index in [1.165, 1.54) is 24.8 Å². The summed E-state index contributed by atoms with van der Waals surface area (Å²) in [6.07, 6.45) is 4.87. The number of hydrogen-bond acceptors (Lipinski definition) is 1. The van der Waals surface area contributed by atoms with Gasteiger partial charge in [0, 0.05) is 11.0 Å². The predicted octanol–water partition coefficient (Wildman–Crippen LogP) is 4.57. The lowest BCUT2D eigenvalue weighted by Crippen LogP contribution is -2.23. The van der Waals surface area contributed by atoms with Crippen LogP contribution in [0.15, 0.2) is 24.3 Å². The number of carbonyl (C=O) groups excluding carboxylic acids is 1. The Kier molecular flexibility index (Phi) is 3.37. The highest BCUT2D eigenvalue weighted by Gasteiger charge is 2.26. The summed E-state index contributed by atoms with van der Waals surface area (Å²) in [5, 5.41) is 0. The van der Waals surface area contributed by atoms with Gasteiger partial charge in [0.1, 0.15) is 0 Å². The van der Waals surface area contributed by atoms with Crippen LogP contribution in [0.2, 0.25) is 0 Å². The van der Waals surface area contributed by atoms with E-state index in [1.807, 2.05) is 26.0 Å². The van der Waals surface area contributed by atoms with Crippen LogP contribution in [0.25, 0.3) is 0 Å². The van der Waals surface area contributed by atoms with Crippen LogP contribution in [0, 0.1) is 5.41 Å². The molecule has 1 heteroatoms. The van der Waals surface area contributed by atoms with Gasteiger partial charge in [-0.05, 0) is 30.7 Å². The fraction of sp³-hybridized carbons (Fsp3) is 0.562. The Labute approximate surface area is 104 Å². The summed E-state index contributed by atoms with van der Waals surface area (Å²) in [7, 11) is 0. The normalized spacial score (nSPS) is 16.6. The molecule has 0 aliphatic heterocycles. The highest BCUT2D eigenvalue weighted by molar-refractivity contribution is 6.00. The first-order valence-corrected chi connectivity index (χ1v) is 6.69. The van der Waals surface area contributed by atoms with Crippen molar-refractivity contribution >= 4 is 5.78 Å². The fourth-order valence-electron chi connectivity index (χ4n) is 2.20. The number of carbonyl (C=O) groups is 1. The molecule has 2 rings (SSSR count). The Morgan fingerprint density at radius 1 is 1.24 bits per heavy atom. The largest absolute Gasteiger partial charge is 0.294 e. The van der Waals surface area contributed by atoms with Crippen LogP contribution in [-0.4, -0.2) is 5.78 Å². The summed E-state index contributed by atoms with van der Waals surface area (Å²) in [6, 6.07) is 8.30. The quantitative estimate of drug-likeness (QED) is 0.692. The van der Waals surface area contributed by atoms with Crippen molar-refractivity contribution in [3.05, 3.63) is 35.4 Å². The Morgan fingerprint density at radius 2 is 1.82 bits per heavy atom. The van der Waals surface area contributed by atoms with Crippen LogP contribution in [0.4, 0.5) is 0 Å². The van der Waals surface area contributed by atoms with Crippen LogP contribution >= 0.6 is 0 Å². The molecule has 1 fully saturated rings. The molecule has 17 heavy (non-hydrogen) atoms. The Morgan fingerprint density at radius 3 is 2.24 bits per heavy atom. The third-order valence-electron chi connectivity index (χ3n) is 4.25. The average Bonchev–Trinajstić information content (AvgIpc) is 2.27. The lowest BCUT2D eigenvalue weighted by Gasteiger charge is -2.26. The predicted molar refractivity (Wildman–Crippen MR) is 71.4 cm³/mol. The summed E-state index contributed by atoms with van der Waals surface area (Å²) >= 11 is 0. The van der Waals surface area contributed by atoms with Gasteiger partial charge in [0.25, 0.3) is 0 Å². The van der Waals surface area contributed by atoms with E-state index in [1.54, 1.807) is 0 Å². The molecule has 1 aliphatic rings. The second kappa shape index (κ2) is 4.64. The maximum absolute atomic E-state index is 12.3. The molecule has 0 N–H and O–H groups in total. The summed E-state index contributed by atoms with van der Waals surface area (Å²) in [6.45, 7) is 6.12. The van der Waals surface area contributed by atoms with Crippen molar-refractivity contribution in [3.63, 3.8) is 0 Å². The lowest BCUT2D eigenvalue weighted by atomic mass is 9.78. The van der Waals surface area contributed by atoms with Gasteiger partial charge in [0.15, 0.2) is 5.78 Å². The zero-order valence-corrected chi connectivity index (χ0v) is 11.1. The van der Waals surface area contributed by atoms with E-state index in [0.29, 0.717) is 0 Å². The molecule has 0 unspecified atom stereocenters.